The van der Waals surface area contributed by atoms with Gasteiger partial charge in [0.25, 0.3) is 0 Å². The van der Waals surface area contributed by atoms with Gasteiger partial charge in [0.15, 0.2) is 0 Å². The number of anilines is 1. The van der Waals surface area contributed by atoms with Crippen molar-refractivity contribution in [2.24, 2.45) is 5.92 Å². The van der Waals surface area contributed by atoms with Gasteiger partial charge in [0, 0.05) is 25.2 Å². The number of hydrogen-bond acceptors (Lipinski definition) is 2. The maximum Gasteiger partial charge on any atom is 0.0642 e. The van der Waals surface area contributed by atoms with E-state index in [9.17, 15) is 0 Å². The van der Waals surface area contributed by atoms with Crippen molar-refractivity contribution in [3.05, 3.63) is 28.8 Å². The molecule has 1 aromatic carbocycles. The smallest absolute Gasteiger partial charge is 0.0642 e. The van der Waals surface area contributed by atoms with Crippen molar-refractivity contribution in [3.8, 4) is 0 Å². The molecule has 0 bridgehead atoms. The summed E-state index contributed by atoms with van der Waals surface area (Å²) in [6, 6.07) is 6.45. The van der Waals surface area contributed by atoms with Gasteiger partial charge >= 0.3 is 0 Å². The topological polar surface area (TPSA) is 15.3 Å². The summed E-state index contributed by atoms with van der Waals surface area (Å²) in [5, 5.41) is 4.37. The molecule has 0 amide bonds. The average molecular weight is 281 g/mol. The molecule has 1 heterocycles. The van der Waals surface area contributed by atoms with E-state index in [-0.39, 0.29) is 5.54 Å². The van der Waals surface area contributed by atoms with Gasteiger partial charge in [-0.2, -0.15) is 0 Å². The Kier molecular flexibility index (Phi) is 4.42. The van der Waals surface area contributed by atoms with Crippen LogP contribution in [0.3, 0.4) is 0 Å². The third-order valence-electron chi connectivity index (χ3n) is 3.60. The maximum atomic E-state index is 6.44. The van der Waals surface area contributed by atoms with Gasteiger partial charge in [-0.25, -0.2) is 0 Å². The average Bonchev–Trinajstić information content (AvgIpc) is 2.72. The predicted octanol–water partition coefficient (Wildman–Crippen LogP) is 4.07. The van der Waals surface area contributed by atoms with Crippen molar-refractivity contribution in [1.82, 2.24) is 5.32 Å². The molecule has 0 aromatic heterocycles. The van der Waals surface area contributed by atoms with Gasteiger partial charge in [0.05, 0.1) is 10.7 Å². The first-order chi connectivity index (χ1) is 8.85. The second-order valence-corrected chi connectivity index (χ2v) is 7.14. The van der Waals surface area contributed by atoms with E-state index in [4.69, 9.17) is 11.6 Å². The van der Waals surface area contributed by atoms with E-state index >= 15 is 0 Å². The van der Waals surface area contributed by atoms with Crippen molar-refractivity contribution in [3.63, 3.8) is 0 Å². The molecule has 1 atom stereocenters. The molecular formula is C16H25ClN2. The number of halogens is 1. The van der Waals surface area contributed by atoms with Crippen molar-refractivity contribution in [1.29, 1.82) is 0 Å². The van der Waals surface area contributed by atoms with Crippen LogP contribution in [0.2, 0.25) is 5.02 Å². The van der Waals surface area contributed by atoms with Crippen molar-refractivity contribution >= 4 is 17.3 Å². The Bertz CT molecular complexity index is 437. The zero-order chi connectivity index (χ0) is 14.0. The van der Waals surface area contributed by atoms with Gasteiger partial charge in [-0.1, -0.05) is 24.6 Å². The SMILES string of the molecule is CC1CCN(c2ccc(CNC(C)(C)C)cc2Cl)C1. The predicted molar refractivity (Wildman–Crippen MR) is 84.0 cm³/mol. The van der Waals surface area contributed by atoms with Crippen LogP contribution in [-0.4, -0.2) is 18.6 Å². The molecule has 0 aliphatic carbocycles. The molecule has 2 rings (SSSR count). The number of benzene rings is 1. The summed E-state index contributed by atoms with van der Waals surface area (Å²) in [7, 11) is 0. The lowest BCUT2D eigenvalue weighted by molar-refractivity contribution is 0.424. The maximum absolute atomic E-state index is 6.44. The Morgan fingerprint density at radius 2 is 2.11 bits per heavy atom. The van der Waals surface area contributed by atoms with Crippen LogP contribution in [0.4, 0.5) is 5.69 Å². The minimum Gasteiger partial charge on any atom is -0.370 e. The molecule has 2 nitrogen and oxygen atoms in total. The Morgan fingerprint density at radius 3 is 2.63 bits per heavy atom. The number of nitrogens with one attached hydrogen (secondary N) is 1. The molecule has 0 radical (unpaired) electrons. The van der Waals surface area contributed by atoms with Gasteiger partial charge in [-0.3, -0.25) is 0 Å². The summed E-state index contributed by atoms with van der Waals surface area (Å²) in [5.41, 5.74) is 2.57. The number of hydrogen-bond donors (Lipinski definition) is 1. The van der Waals surface area contributed by atoms with Gasteiger partial charge in [-0.05, 0) is 50.8 Å². The fourth-order valence-corrected chi connectivity index (χ4v) is 2.76. The standard InChI is InChI=1S/C16H25ClN2/c1-12-7-8-19(11-12)15-6-5-13(9-14(15)17)10-18-16(2,3)4/h5-6,9,12,18H,7-8,10-11H2,1-4H3. The summed E-state index contributed by atoms with van der Waals surface area (Å²) in [6.07, 6.45) is 1.27. The molecule has 3 heteroatoms. The highest BCUT2D eigenvalue weighted by Crippen LogP contribution is 2.31. The van der Waals surface area contributed by atoms with E-state index in [1.807, 2.05) is 0 Å². The molecule has 1 fully saturated rings. The van der Waals surface area contributed by atoms with Crippen LogP contribution in [0, 0.1) is 5.92 Å². The lowest BCUT2D eigenvalue weighted by atomic mass is 10.1. The van der Waals surface area contributed by atoms with Crippen LogP contribution in [0.5, 0.6) is 0 Å². The summed E-state index contributed by atoms with van der Waals surface area (Å²) in [6.45, 7) is 11.9. The van der Waals surface area contributed by atoms with Crippen LogP contribution >= 0.6 is 11.6 Å². The zero-order valence-electron chi connectivity index (χ0n) is 12.5. The van der Waals surface area contributed by atoms with Crippen molar-refractivity contribution < 1.29 is 0 Å². The molecule has 19 heavy (non-hydrogen) atoms. The summed E-state index contributed by atoms with van der Waals surface area (Å²) in [4.78, 5) is 2.40. The van der Waals surface area contributed by atoms with Crippen LogP contribution in [0.1, 0.15) is 39.7 Å². The third-order valence-corrected chi connectivity index (χ3v) is 3.90. The molecule has 1 unspecified atom stereocenters. The fraction of sp³-hybridized carbons (Fsp3) is 0.625. The Labute approximate surface area is 122 Å². The highest BCUT2D eigenvalue weighted by Gasteiger charge is 2.20. The van der Waals surface area contributed by atoms with Gasteiger partial charge < -0.3 is 10.2 Å². The molecular weight excluding hydrogens is 256 g/mol. The summed E-state index contributed by atoms with van der Waals surface area (Å²) < 4.78 is 0. The molecule has 1 aliphatic heterocycles. The van der Waals surface area contributed by atoms with E-state index in [1.54, 1.807) is 0 Å². The highest BCUT2D eigenvalue weighted by atomic mass is 35.5. The largest absolute Gasteiger partial charge is 0.370 e. The summed E-state index contributed by atoms with van der Waals surface area (Å²) >= 11 is 6.44. The Hall–Kier alpha value is -0.730. The van der Waals surface area contributed by atoms with E-state index in [0.29, 0.717) is 0 Å². The molecule has 1 saturated heterocycles. The molecule has 106 valence electrons. The first-order valence-corrected chi connectivity index (χ1v) is 7.51. The van der Waals surface area contributed by atoms with E-state index in [2.05, 4.69) is 56.1 Å². The molecule has 0 saturated carbocycles. The third kappa shape index (κ3) is 4.12. The quantitative estimate of drug-likeness (QED) is 0.898. The Morgan fingerprint density at radius 1 is 1.37 bits per heavy atom. The second kappa shape index (κ2) is 5.72. The van der Waals surface area contributed by atoms with Crippen molar-refractivity contribution in [2.75, 3.05) is 18.0 Å². The molecule has 1 aliphatic rings. The minimum atomic E-state index is 0.134. The normalized spacial score (nSPS) is 20.1. The van der Waals surface area contributed by atoms with E-state index in [0.717, 1.165) is 30.6 Å². The molecule has 1 aromatic rings. The van der Waals surface area contributed by atoms with Crippen molar-refractivity contribution in [2.45, 2.75) is 46.2 Å². The Balaban J connectivity index is 2.05. The van der Waals surface area contributed by atoms with E-state index < -0.39 is 0 Å². The first-order valence-electron chi connectivity index (χ1n) is 7.13. The lowest BCUT2D eigenvalue weighted by Crippen LogP contribution is -2.35. The van der Waals surface area contributed by atoms with Gasteiger partial charge in [0.1, 0.15) is 0 Å². The monoisotopic (exact) mass is 280 g/mol. The first kappa shape index (κ1) is 14.7. The minimum absolute atomic E-state index is 0.134. The fourth-order valence-electron chi connectivity index (χ4n) is 2.44. The number of nitrogens with zero attached hydrogens (tertiary/aromatic N) is 1. The second-order valence-electron chi connectivity index (χ2n) is 6.73. The highest BCUT2D eigenvalue weighted by molar-refractivity contribution is 6.33. The zero-order valence-corrected chi connectivity index (χ0v) is 13.2. The van der Waals surface area contributed by atoms with Crippen LogP contribution in [0.25, 0.3) is 0 Å². The van der Waals surface area contributed by atoms with E-state index in [1.165, 1.54) is 17.7 Å². The number of rotatable bonds is 3. The van der Waals surface area contributed by atoms with Crippen LogP contribution < -0.4 is 10.2 Å². The molecule has 0 spiro atoms. The van der Waals surface area contributed by atoms with Gasteiger partial charge in [-0.15, -0.1) is 0 Å². The summed E-state index contributed by atoms with van der Waals surface area (Å²) in [5.74, 6) is 0.776. The van der Waals surface area contributed by atoms with Crippen LogP contribution in [0.15, 0.2) is 18.2 Å². The van der Waals surface area contributed by atoms with Gasteiger partial charge in [0.2, 0.25) is 0 Å². The lowest BCUT2D eigenvalue weighted by Gasteiger charge is -2.22. The molecule has 1 N–H and O–H groups in total. The van der Waals surface area contributed by atoms with Crippen LogP contribution in [-0.2, 0) is 6.54 Å².